The van der Waals surface area contributed by atoms with Gasteiger partial charge in [0.05, 0.1) is 6.04 Å². The molecule has 19 heavy (non-hydrogen) atoms. The van der Waals surface area contributed by atoms with Crippen molar-refractivity contribution < 1.29 is 4.42 Å². The van der Waals surface area contributed by atoms with Crippen LogP contribution in [0.3, 0.4) is 0 Å². The van der Waals surface area contributed by atoms with Gasteiger partial charge in [-0.25, -0.2) is 9.97 Å². The Kier molecular flexibility index (Phi) is 4.04. The minimum absolute atomic E-state index is 0.141. The first kappa shape index (κ1) is 13.4. The summed E-state index contributed by atoms with van der Waals surface area (Å²) in [7, 11) is 0. The van der Waals surface area contributed by atoms with Gasteiger partial charge in [0.15, 0.2) is 0 Å². The molecule has 2 aromatic rings. The molecule has 0 aliphatic rings. The monoisotopic (exact) mass is 260 g/mol. The predicted molar refractivity (Wildman–Crippen MR) is 76.4 cm³/mol. The summed E-state index contributed by atoms with van der Waals surface area (Å²) in [5.41, 5.74) is 1.15. The van der Waals surface area contributed by atoms with E-state index < -0.39 is 0 Å². The quantitative estimate of drug-likeness (QED) is 0.863. The second-order valence-electron chi connectivity index (χ2n) is 4.55. The third-order valence-corrected chi connectivity index (χ3v) is 2.94. The van der Waals surface area contributed by atoms with Crippen LogP contribution >= 0.6 is 0 Å². The number of aromatic nitrogens is 2. The third kappa shape index (κ3) is 3.24. The number of rotatable bonds is 5. The van der Waals surface area contributed by atoms with Gasteiger partial charge in [0.2, 0.25) is 0 Å². The number of furan rings is 1. The Morgan fingerprint density at radius 2 is 1.95 bits per heavy atom. The molecule has 0 fully saturated rings. The van der Waals surface area contributed by atoms with Crippen LogP contribution in [-0.2, 0) is 0 Å². The molecular weight excluding hydrogens is 240 g/mol. The molecule has 102 valence electrons. The van der Waals surface area contributed by atoms with Crippen molar-refractivity contribution in [2.24, 2.45) is 0 Å². The molecule has 5 nitrogen and oxygen atoms in total. The van der Waals surface area contributed by atoms with Crippen LogP contribution in [0.2, 0.25) is 0 Å². The number of hydrogen-bond acceptors (Lipinski definition) is 5. The Balaban J connectivity index is 2.12. The fraction of sp³-hybridized carbons (Fsp3) is 0.429. The topological polar surface area (TPSA) is 63.0 Å². The summed E-state index contributed by atoms with van der Waals surface area (Å²) in [5, 5.41) is 6.53. The molecule has 0 aliphatic heterocycles. The number of nitrogens with one attached hydrogen (secondary N) is 2. The summed E-state index contributed by atoms with van der Waals surface area (Å²) in [6.07, 6.45) is 1.56. The second kappa shape index (κ2) is 5.73. The Morgan fingerprint density at radius 3 is 2.58 bits per heavy atom. The van der Waals surface area contributed by atoms with Gasteiger partial charge < -0.3 is 15.1 Å². The molecule has 2 aromatic heterocycles. The summed E-state index contributed by atoms with van der Waals surface area (Å²) in [6, 6.07) is 4.10. The molecule has 0 saturated heterocycles. The first-order valence-electron chi connectivity index (χ1n) is 6.49. The zero-order valence-electron chi connectivity index (χ0n) is 11.8. The van der Waals surface area contributed by atoms with Crippen molar-refractivity contribution in [2.75, 3.05) is 17.2 Å². The zero-order valence-corrected chi connectivity index (χ0v) is 11.8. The van der Waals surface area contributed by atoms with Gasteiger partial charge in [0.1, 0.15) is 29.5 Å². The molecule has 0 aromatic carbocycles. The highest BCUT2D eigenvalue weighted by Crippen LogP contribution is 2.24. The molecule has 2 rings (SSSR count). The highest BCUT2D eigenvalue weighted by molar-refractivity contribution is 5.47. The van der Waals surface area contributed by atoms with Gasteiger partial charge in [-0.1, -0.05) is 0 Å². The minimum Gasteiger partial charge on any atom is -0.466 e. The summed E-state index contributed by atoms with van der Waals surface area (Å²) in [5.74, 6) is 3.50. The molecular formula is C14H20N4O. The van der Waals surface area contributed by atoms with E-state index in [-0.39, 0.29) is 6.04 Å². The molecule has 0 spiro atoms. The van der Waals surface area contributed by atoms with Crippen molar-refractivity contribution in [1.29, 1.82) is 0 Å². The van der Waals surface area contributed by atoms with E-state index in [4.69, 9.17) is 4.42 Å². The molecule has 1 atom stereocenters. The highest BCUT2D eigenvalue weighted by atomic mass is 16.3. The average molecular weight is 260 g/mol. The molecule has 0 aliphatic carbocycles. The van der Waals surface area contributed by atoms with Crippen LogP contribution in [0.1, 0.15) is 37.0 Å². The molecule has 1 unspecified atom stereocenters. The van der Waals surface area contributed by atoms with Gasteiger partial charge in [0.25, 0.3) is 0 Å². The van der Waals surface area contributed by atoms with Crippen LogP contribution in [-0.4, -0.2) is 16.5 Å². The van der Waals surface area contributed by atoms with Crippen molar-refractivity contribution in [3.8, 4) is 0 Å². The Morgan fingerprint density at radius 1 is 1.21 bits per heavy atom. The van der Waals surface area contributed by atoms with Gasteiger partial charge in [-0.05, 0) is 33.8 Å². The Hall–Kier alpha value is -2.04. The van der Waals surface area contributed by atoms with Gasteiger partial charge in [-0.2, -0.15) is 0 Å². The maximum absolute atomic E-state index is 5.55. The van der Waals surface area contributed by atoms with E-state index in [2.05, 4.69) is 33.6 Å². The first-order chi connectivity index (χ1) is 9.10. The van der Waals surface area contributed by atoms with Crippen LogP contribution < -0.4 is 10.6 Å². The summed E-state index contributed by atoms with van der Waals surface area (Å²) in [4.78, 5) is 8.38. The van der Waals surface area contributed by atoms with E-state index in [0.717, 1.165) is 35.3 Å². The largest absolute Gasteiger partial charge is 0.466 e. The highest BCUT2D eigenvalue weighted by Gasteiger charge is 2.13. The standard InChI is InChI=1S/C14H20N4O/c1-5-15-13-7-14(17-8-16-13)18-10(3)12-6-9(2)19-11(12)4/h6-8,10H,5H2,1-4H3,(H2,15,16,17,18). The van der Waals surface area contributed by atoms with Crippen LogP contribution in [0.25, 0.3) is 0 Å². The smallest absolute Gasteiger partial charge is 0.131 e. The van der Waals surface area contributed by atoms with Crippen molar-refractivity contribution in [3.63, 3.8) is 0 Å². The lowest BCUT2D eigenvalue weighted by atomic mass is 10.1. The summed E-state index contributed by atoms with van der Waals surface area (Å²) in [6.45, 7) is 8.90. The molecule has 2 N–H and O–H groups in total. The molecule has 2 heterocycles. The van der Waals surface area contributed by atoms with Crippen molar-refractivity contribution in [1.82, 2.24) is 9.97 Å². The fourth-order valence-corrected chi connectivity index (χ4v) is 2.09. The Bertz CT molecular complexity index is 550. The second-order valence-corrected chi connectivity index (χ2v) is 4.55. The van der Waals surface area contributed by atoms with Gasteiger partial charge in [0, 0.05) is 18.2 Å². The van der Waals surface area contributed by atoms with Crippen LogP contribution in [0.5, 0.6) is 0 Å². The minimum atomic E-state index is 0.141. The molecule has 0 amide bonds. The van der Waals surface area contributed by atoms with E-state index in [9.17, 15) is 0 Å². The van der Waals surface area contributed by atoms with Crippen LogP contribution in [0.15, 0.2) is 22.9 Å². The lowest BCUT2D eigenvalue weighted by molar-refractivity contribution is 0.500. The SMILES string of the molecule is CCNc1cc(NC(C)c2cc(C)oc2C)ncn1. The average Bonchev–Trinajstić information content (AvgIpc) is 2.69. The number of aryl methyl sites for hydroxylation is 2. The van der Waals surface area contributed by atoms with Crippen molar-refractivity contribution in [3.05, 3.63) is 35.5 Å². The molecule has 0 radical (unpaired) electrons. The lowest BCUT2D eigenvalue weighted by Gasteiger charge is -2.14. The molecule has 0 bridgehead atoms. The van der Waals surface area contributed by atoms with E-state index in [0.29, 0.717) is 0 Å². The normalized spacial score (nSPS) is 12.2. The molecule has 5 heteroatoms. The lowest BCUT2D eigenvalue weighted by Crippen LogP contribution is -2.09. The third-order valence-electron chi connectivity index (χ3n) is 2.94. The first-order valence-corrected chi connectivity index (χ1v) is 6.49. The summed E-state index contributed by atoms with van der Waals surface area (Å²) >= 11 is 0. The van der Waals surface area contributed by atoms with E-state index in [1.807, 2.05) is 26.8 Å². The van der Waals surface area contributed by atoms with Crippen LogP contribution in [0, 0.1) is 13.8 Å². The maximum atomic E-state index is 5.55. The number of anilines is 2. The van der Waals surface area contributed by atoms with Gasteiger partial charge in [-0.3, -0.25) is 0 Å². The summed E-state index contributed by atoms with van der Waals surface area (Å²) < 4.78 is 5.55. The van der Waals surface area contributed by atoms with Crippen LogP contribution in [0.4, 0.5) is 11.6 Å². The predicted octanol–water partition coefficient (Wildman–Crippen LogP) is 3.29. The number of hydrogen-bond donors (Lipinski definition) is 2. The van der Waals surface area contributed by atoms with Gasteiger partial charge in [-0.15, -0.1) is 0 Å². The van der Waals surface area contributed by atoms with E-state index in [1.54, 1.807) is 6.33 Å². The molecule has 0 saturated carbocycles. The van der Waals surface area contributed by atoms with Gasteiger partial charge >= 0.3 is 0 Å². The van der Waals surface area contributed by atoms with E-state index in [1.165, 1.54) is 0 Å². The maximum Gasteiger partial charge on any atom is 0.131 e. The fourth-order valence-electron chi connectivity index (χ4n) is 2.09. The van der Waals surface area contributed by atoms with Crippen molar-refractivity contribution >= 4 is 11.6 Å². The Labute approximate surface area is 113 Å². The number of nitrogens with zero attached hydrogens (tertiary/aromatic N) is 2. The van der Waals surface area contributed by atoms with E-state index >= 15 is 0 Å². The van der Waals surface area contributed by atoms with Crippen molar-refractivity contribution in [2.45, 2.75) is 33.7 Å². The zero-order chi connectivity index (χ0) is 13.8.